The third-order valence-electron chi connectivity index (χ3n) is 8.90. The van der Waals surface area contributed by atoms with E-state index >= 15 is 0 Å². The van der Waals surface area contributed by atoms with Crippen molar-refractivity contribution < 1.29 is 15.0 Å². The number of rotatable bonds is 34. The smallest absolute Gasteiger partial charge is 0.334 e. The van der Waals surface area contributed by atoms with Gasteiger partial charge in [0.15, 0.2) is 0 Å². The van der Waals surface area contributed by atoms with Crippen LogP contribution in [-0.2, 0) is 4.79 Å². The maximum absolute atomic E-state index is 11.7. The second kappa shape index (κ2) is 33.5. The molecular formula is C38H74O3. The summed E-state index contributed by atoms with van der Waals surface area (Å²) in [7, 11) is 0. The van der Waals surface area contributed by atoms with Gasteiger partial charge in [0.2, 0.25) is 0 Å². The number of aliphatic carboxylic acids is 1. The minimum Gasteiger partial charge on any atom is -0.512 e. The van der Waals surface area contributed by atoms with Gasteiger partial charge in [0.1, 0.15) is 5.76 Å². The predicted molar refractivity (Wildman–Crippen MR) is 181 cm³/mol. The van der Waals surface area contributed by atoms with Gasteiger partial charge in [0.05, 0.1) is 5.57 Å². The SMILES string of the molecule is CCCCCCCCCCCCCCCCCCCCCC(O)=C(CCCCCCCCCCCCCC)C(=O)O. The second-order valence-electron chi connectivity index (χ2n) is 13.0. The molecule has 0 saturated heterocycles. The Balaban J connectivity index is 3.56. The lowest BCUT2D eigenvalue weighted by Crippen LogP contribution is -2.05. The van der Waals surface area contributed by atoms with E-state index in [0.717, 1.165) is 25.7 Å². The van der Waals surface area contributed by atoms with E-state index in [1.54, 1.807) is 0 Å². The van der Waals surface area contributed by atoms with Crippen molar-refractivity contribution in [1.29, 1.82) is 0 Å². The molecule has 244 valence electrons. The monoisotopic (exact) mass is 579 g/mol. The van der Waals surface area contributed by atoms with Crippen LogP contribution >= 0.6 is 0 Å². The highest BCUT2D eigenvalue weighted by atomic mass is 16.4. The maximum Gasteiger partial charge on any atom is 0.334 e. The zero-order valence-electron chi connectivity index (χ0n) is 28.1. The minimum absolute atomic E-state index is 0.132. The lowest BCUT2D eigenvalue weighted by Gasteiger charge is -2.08. The fourth-order valence-electron chi connectivity index (χ4n) is 6.04. The number of hydrogen-bond donors (Lipinski definition) is 2. The Morgan fingerprint density at radius 2 is 0.561 bits per heavy atom. The van der Waals surface area contributed by atoms with Crippen molar-refractivity contribution in [3.05, 3.63) is 11.3 Å². The summed E-state index contributed by atoms with van der Waals surface area (Å²) in [5.74, 6) is -0.795. The Morgan fingerprint density at radius 3 is 0.805 bits per heavy atom. The molecule has 0 aliphatic heterocycles. The molecule has 0 amide bonds. The van der Waals surface area contributed by atoms with Gasteiger partial charge in [0.25, 0.3) is 0 Å². The number of allylic oxidation sites excluding steroid dienone is 1. The summed E-state index contributed by atoms with van der Waals surface area (Å²) < 4.78 is 0. The highest BCUT2D eigenvalue weighted by Crippen LogP contribution is 2.20. The molecule has 41 heavy (non-hydrogen) atoms. The van der Waals surface area contributed by atoms with Gasteiger partial charge >= 0.3 is 5.97 Å². The van der Waals surface area contributed by atoms with E-state index in [1.165, 1.54) is 173 Å². The molecule has 0 bridgehead atoms. The fourth-order valence-corrected chi connectivity index (χ4v) is 6.04. The van der Waals surface area contributed by atoms with Gasteiger partial charge in [-0.05, 0) is 19.3 Å². The van der Waals surface area contributed by atoms with Crippen molar-refractivity contribution in [3.8, 4) is 0 Å². The topological polar surface area (TPSA) is 57.5 Å². The van der Waals surface area contributed by atoms with Gasteiger partial charge in [-0.2, -0.15) is 0 Å². The highest BCUT2D eigenvalue weighted by Gasteiger charge is 2.13. The third kappa shape index (κ3) is 30.3. The Bertz CT molecular complexity index is 568. The normalized spacial score (nSPS) is 12.1. The molecule has 0 aromatic carbocycles. The molecule has 0 aliphatic rings. The molecule has 0 unspecified atom stereocenters. The maximum atomic E-state index is 11.7. The molecule has 0 rings (SSSR count). The molecule has 0 aromatic heterocycles. The molecule has 0 saturated carbocycles. The first-order valence-corrected chi connectivity index (χ1v) is 18.8. The zero-order valence-corrected chi connectivity index (χ0v) is 28.1. The van der Waals surface area contributed by atoms with E-state index in [2.05, 4.69) is 13.8 Å². The summed E-state index contributed by atoms with van der Waals surface area (Å²) >= 11 is 0. The summed E-state index contributed by atoms with van der Waals surface area (Å²) in [6.45, 7) is 4.55. The molecule has 0 aromatic rings. The molecule has 0 spiro atoms. The number of aliphatic hydroxyl groups is 1. The van der Waals surface area contributed by atoms with Crippen LogP contribution in [0, 0.1) is 0 Å². The van der Waals surface area contributed by atoms with E-state index in [-0.39, 0.29) is 11.3 Å². The van der Waals surface area contributed by atoms with Crippen LogP contribution in [0.2, 0.25) is 0 Å². The van der Waals surface area contributed by atoms with Crippen molar-refractivity contribution >= 4 is 5.97 Å². The molecule has 0 fully saturated rings. The van der Waals surface area contributed by atoms with Crippen LogP contribution in [0.25, 0.3) is 0 Å². The van der Waals surface area contributed by atoms with E-state index < -0.39 is 5.97 Å². The van der Waals surface area contributed by atoms with Crippen LogP contribution in [0.15, 0.2) is 11.3 Å². The van der Waals surface area contributed by atoms with Crippen molar-refractivity contribution in [2.75, 3.05) is 0 Å². The van der Waals surface area contributed by atoms with E-state index in [4.69, 9.17) is 0 Å². The van der Waals surface area contributed by atoms with Crippen molar-refractivity contribution in [3.63, 3.8) is 0 Å². The van der Waals surface area contributed by atoms with E-state index in [9.17, 15) is 15.0 Å². The molecule has 0 aliphatic carbocycles. The zero-order chi connectivity index (χ0) is 30.1. The number of carboxylic acids is 1. The van der Waals surface area contributed by atoms with Gasteiger partial charge < -0.3 is 10.2 Å². The van der Waals surface area contributed by atoms with Gasteiger partial charge in [-0.25, -0.2) is 4.79 Å². The standard InChI is InChI=1S/C38H74O3/c1-3-5-7-9-11-13-15-17-18-19-20-21-22-23-25-27-29-31-33-35-37(39)36(38(40)41)34-32-30-28-26-24-16-14-12-10-8-6-4-2/h39H,3-35H2,1-2H3,(H,40,41). The largest absolute Gasteiger partial charge is 0.512 e. The number of hydrogen-bond acceptors (Lipinski definition) is 2. The van der Waals surface area contributed by atoms with E-state index in [1.807, 2.05) is 0 Å². The minimum atomic E-state index is -0.927. The quantitative estimate of drug-likeness (QED) is 0.0453. The first-order chi connectivity index (χ1) is 20.1. The van der Waals surface area contributed by atoms with Crippen LogP contribution in [0.1, 0.15) is 226 Å². The number of carbonyl (C=O) groups is 1. The Labute approximate surface area is 257 Å². The molecule has 3 heteroatoms. The van der Waals surface area contributed by atoms with Crippen LogP contribution in [0.4, 0.5) is 0 Å². The lowest BCUT2D eigenvalue weighted by molar-refractivity contribution is -0.133. The van der Waals surface area contributed by atoms with Gasteiger partial charge in [-0.3, -0.25) is 0 Å². The predicted octanol–water partition coefficient (Wildman–Crippen LogP) is 13.8. The first kappa shape index (κ1) is 40.0. The number of unbranched alkanes of at least 4 members (excludes halogenated alkanes) is 29. The van der Waals surface area contributed by atoms with E-state index in [0.29, 0.717) is 12.8 Å². The summed E-state index contributed by atoms with van der Waals surface area (Å²) in [4.78, 5) is 11.7. The molecule has 0 heterocycles. The highest BCUT2D eigenvalue weighted by molar-refractivity contribution is 5.87. The molecule has 3 nitrogen and oxygen atoms in total. The average molecular weight is 579 g/mol. The van der Waals surface area contributed by atoms with Crippen LogP contribution in [-0.4, -0.2) is 16.2 Å². The number of aliphatic hydroxyl groups excluding tert-OH is 1. The number of carboxylic acid groups (broad SMARTS) is 1. The molecular weight excluding hydrogens is 504 g/mol. The Morgan fingerprint density at radius 1 is 0.341 bits per heavy atom. The van der Waals surface area contributed by atoms with Crippen LogP contribution < -0.4 is 0 Å². The van der Waals surface area contributed by atoms with Crippen molar-refractivity contribution in [2.45, 2.75) is 226 Å². The van der Waals surface area contributed by atoms with Gasteiger partial charge in [-0.15, -0.1) is 0 Å². The summed E-state index contributed by atoms with van der Waals surface area (Å²) in [6, 6.07) is 0. The van der Waals surface area contributed by atoms with Gasteiger partial charge in [-0.1, -0.05) is 200 Å². The average Bonchev–Trinajstić information content (AvgIpc) is 2.96. The van der Waals surface area contributed by atoms with Crippen molar-refractivity contribution in [2.24, 2.45) is 0 Å². The molecule has 2 N–H and O–H groups in total. The lowest BCUT2D eigenvalue weighted by atomic mass is 10.0. The van der Waals surface area contributed by atoms with Gasteiger partial charge in [0, 0.05) is 6.42 Å². The Hall–Kier alpha value is -0.990. The molecule has 0 atom stereocenters. The van der Waals surface area contributed by atoms with Crippen LogP contribution in [0.3, 0.4) is 0 Å². The van der Waals surface area contributed by atoms with Crippen LogP contribution in [0.5, 0.6) is 0 Å². The fraction of sp³-hybridized carbons (Fsp3) is 0.921. The Kier molecular flexibility index (Phi) is 32.7. The summed E-state index contributed by atoms with van der Waals surface area (Å²) in [6.07, 6.45) is 41.9. The van der Waals surface area contributed by atoms with Crippen molar-refractivity contribution in [1.82, 2.24) is 0 Å². The summed E-state index contributed by atoms with van der Waals surface area (Å²) in [5, 5.41) is 20.0. The first-order valence-electron chi connectivity index (χ1n) is 18.8. The molecule has 0 radical (unpaired) electrons. The third-order valence-corrected chi connectivity index (χ3v) is 8.90. The second-order valence-corrected chi connectivity index (χ2v) is 13.0. The summed E-state index contributed by atoms with van der Waals surface area (Å²) in [5.41, 5.74) is 0.263.